The van der Waals surface area contributed by atoms with E-state index in [1.54, 1.807) is 16.8 Å². The molecule has 0 spiro atoms. The van der Waals surface area contributed by atoms with Crippen molar-refractivity contribution in [2.45, 2.75) is 20.4 Å². The predicted molar refractivity (Wildman–Crippen MR) is 76.3 cm³/mol. The molecule has 3 aromatic heterocycles. The van der Waals surface area contributed by atoms with E-state index in [1.165, 1.54) is 0 Å². The Morgan fingerprint density at radius 3 is 2.90 bits per heavy atom. The van der Waals surface area contributed by atoms with E-state index in [0.717, 1.165) is 23.5 Å². The van der Waals surface area contributed by atoms with Gasteiger partial charge >= 0.3 is 0 Å². The number of hydrogen-bond donors (Lipinski definition) is 2. The highest BCUT2D eigenvalue weighted by Crippen LogP contribution is 2.23. The summed E-state index contributed by atoms with van der Waals surface area (Å²) in [7, 11) is 0. The SMILES string of the molecule is CCn1cc(-c2ccnc3cc(C(=O)NN)nn23)c(C)n1. The third-order valence-corrected chi connectivity index (χ3v) is 3.27. The van der Waals surface area contributed by atoms with Crippen molar-refractivity contribution >= 4 is 11.6 Å². The minimum atomic E-state index is -0.451. The zero-order chi connectivity index (χ0) is 15.0. The molecule has 108 valence electrons. The number of hydrogen-bond acceptors (Lipinski definition) is 5. The molecule has 3 rings (SSSR count). The number of carbonyl (C=O) groups is 1. The van der Waals surface area contributed by atoms with E-state index in [1.807, 2.05) is 30.8 Å². The van der Waals surface area contributed by atoms with Gasteiger partial charge in [-0.3, -0.25) is 14.9 Å². The number of amides is 1. The number of nitrogens with one attached hydrogen (secondary N) is 1. The van der Waals surface area contributed by atoms with Crippen molar-refractivity contribution in [3.63, 3.8) is 0 Å². The molecule has 0 unspecified atom stereocenters. The van der Waals surface area contributed by atoms with E-state index in [-0.39, 0.29) is 5.69 Å². The van der Waals surface area contributed by atoms with Crippen LogP contribution in [-0.2, 0) is 6.54 Å². The van der Waals surface area contributed by atoms with Gasteiger partial charge in [0.15, 0.2) is 11.3 Å². The summed E-state index contributed by atoms with van der Waals surface area (Å²) in [5.41, 5.74) is 5.54. The summed E-state index contributed by atoms with van der Waals surface area (Å²) >= 11 is 0. The second-order valence-corrected chi connectivity index (χ2v) is 4.59. The minimum Gasteiger partial charge on any atom is -0.289 e. The third-order valence-electron chi connectivity index (χ3n) is 3.27. The van der Waals surface area contributed by atoms with E-state index in [4.69, 9.17) is 5.84 Å². The number of nitrogen functional groups attached to an aromatic ring is 1. The molecule has 3 heterocycles. The Morgan fingerprint density at radius 1 is 1.43 bits per heavy atom. The molecular formula is C13H15N7O. The zero-order valence-electron chi connectivity index (χ0n) is 11.7. The second-order valence-electron chi connectivity index (χ2n) is 4.59. The fourth-order valence-corrected chi connectivity index (χ4v) is 2.22. The quantitative estimate of drug-likeness (QED) is 0.415. The van der Waals surface area contributed by atoms with Crippen LogP contribution in [0.3, 0.4) is 0 Å². The van der Waals surface area contributed by atoms with Crippen molar-refractivity contribution in [3.8, 4) is 11.3 Å². The lowest BCUT2D eigenvalue weighted by Gasteiger charge is -2.02. The van der Waals surface area contributed by atoms with Gasteiger partial charge in [0, 0.05) is 30.6 Å². The Balaban J connectivity index is 2.20. The third kappa shape index (κ3) is 2.15. The molecule has 0 aliphatic rings. The van der Waals surface area contributed by atoms with Gasteiger partial charge in [-0.1, -0.05) is 0 Å². The summed E-state index contributed by atoms with van der Waals surface area (Å²) < 4.78 is 3.47. The van der Waals surface area contributed by atoms with Crippen LogP contribution in [0.15, 0.2) is 24.5 Å². The number of carbonyl (C=O) groups excluding carboxylic acids is 1. The molecule has 0 aromatic carbocycles. The fourth-order valence-electron chi connectivity index (χ4n) is 2.22. The van der Waals surface area contributed by atoms with Gasteiger partial charge in [-0.25, -0.2) is 15.3 Å². The largest absolute Gasteiger partial charge is 0.289 e. The molecule has 21 heavy (non-hydrogen) atoms. The lowest BCUT2D eigenvalue weighted by Crippen LogP contribution is -2.30. The summed E-state index contributed by atoms with van der Waals surface area (Å²) in [5.74, 6) is 4.69. The molecule has 3 N–H and O–H groups in total. The molecule has 1 amide bonds. The van der Waals surface area contributed by atoms with Crippen molar-refractivity contribution in [2.24, 2.45) is 5.84 Å². The van der Waals surface area contributed by atoms with Crippen LogP contribution >= 0.6 is 0 Å². The number of rotatable bonds is 3. The van der Waals surface area contributed by atoms with E-state index in [9.17, 15) is 4.79 Å². The van der Waals surface area contributed by atoms with Crippen molar-refractivity contribution in [1.82, 2.24) is 29.8 Å². The van der Waals surface area contributed by atoms with Gasteiger partial charge in [-0.15, -0.1) is 0 Å². The Bertz CT molecular complexity index is 817. The van der Waals surface area contributed by atoms with E-state index < -0.39 is 5.91 Å². The molecule has 0 radical (unpaired) electrons. The molecule has 8 nitrogen and oxygen atoms in total. The van der Waals surface area contributed by atoms with Gasteiger partial charge in [-0.2, -0.15) is 10.2 Å². The molecule has 0 fully saturated rings. The molecule has 0 saturated carbocycles. The monoisotopic (exact) mass is 285 g/mol. The van der Waals surface area contributed by atoms with E-state index >= 15 is 0 Å². The molecule has 3 aromatic rings. The first-order valence-corrected chi connectivity index (χ1v) is 6.54. The maximum Gasteiger partial charge on any atom is 0.285 e. The fraction of sp³-hybridized carbons (Fsp3) is 0.231. The van der Waals surface area contributed by atoms with Crippen LogP contribution in [0.4, 0.5) is 0 Å². The minimum absolute atomic E-state index is 0.220. The van der Waals surface area contributed by atoms with Crippen LogP contribution in [0.25, 0.3) is 16.9 Å². The molecule has 8 heteroatoms. The zero-order valence-corrected chi connectivity index (χ0v) is 11.7. The van der Waals surface area contributed by atoms with Crippen LogP contribution in [0, 0.1) is 6.92 Å². The highest BCUT2D eigenvalue weighted by atomic mass is 16.2. The van der Waals surface area contributed by atoms with Crippen molar-refractivity contribution in [1.29, 1.82) is 0 Å². The van der Waals surface area contributed by atoms with Gasteiger partial charge in [-0.05, 0) is 19.9 Å². The summed E-state index contributed by atoms with van der Waals surface area (Å²) in [6, 6.07) is 3.43. The average Bonchev–Trinajstić information content (AvgIpc) is 3.09. The first-order chi connectivity index (χ1) is 10.1. The van der Waals surface area contributed by atoms with Gasteiger partial charge in [0.05, 0.1) is 11.4 Å². The van der Waals surface area contributed by atoms with E-state index in [0.29, 0.717) is 5.65 Å². The summed E-state index contributed by atoms with van der Waals surface area (Å²) in [6.07, 6.45) is 3.63. The maximum atomic E-state index is 11.6. The number of fused-ring (bicyclic) bond motifs is 1. The number of hydrazine groups is 1. The molecule has 0 aliphatic heterocycles. The lowest BCUT2D eigenvalue weighted by molar-refractivity contribution is 0.0948. The second kappa shape index (κ2) is 4.98. The molecule has 0 aliphatic carbocycles. The maximum absolute atomic E-state index is 11.6. The summed E-state index contributed by atoms with van der Waals surface area (Å²) in [6.45, 7) is 4.75. The Kier molecular flexibility index (Phi) is 3.15. The van der Waals surface area contributed by atoms with Crippen LogP contribution in [0.2, 0.25) is 0 Å². The molecule has 0 bridgehead atoms. The lowest BCUT2D eigenvalue weighted by atomic mass is 10.2. The smallest absolute Gasteiger partial charge is 0.285 e. The Morgan fingerprint density at radius 2 is 2.24 bits per heavy atom. The average molecular weight is 285 g/mol. The molecular weight excluding hydrogens is 270 g/mol. The topological polar surface area (TPSA) is 103 Å². The van der Waals surface area contributed by atoms with Crippen molar-refractivity contribution in [2.75, 3.05) is 0 Å². The number of nitrogens with zero attached hydrogens (tertiary/aromatic N) is 5. The van der Waals surface area contributed by atoms with Crippen LogP contribution in [0.5, 0.6) is 0 Å². The van der Waals surface area contributed by atoms with Gasteiger partial charge in [0.1, 0.15) is 0 Å². The number of aryl methyl sites for hydroxylation is 2. The summed E-state index contributed by atoms with van der Waals surface area (Å²) in [4.78, 5) is 15.8. The number of nitrogens with two attached hydrogens (primary N) is 1. The van der Waals surface area contributed by atoms with Crippen LogP contribution < -0.4 is 11.3 Å². The first kappa shape index (κ1) is 13.3. The highest BCUT2D eigenvalue weighted by Gasteiger charge is 2.15. The van der Waals surface area contributed by atoms with Crippen molar-refractivity contribution < 1.29 is 4.79 Å². The van der Waals surface area contributed by atoms with Gasteiger partial charge in [0.2, 0.25) is 0 Å². The van der Waals surface area contributed by atoms with Crippen molar-refractivity contribution in [3.05, 3.63) is 35.9 Å². The van der Waals surface area contributed by atoms with Crippen LogP contribution in [-0.4, -0.2) is 30.3 Å². The van der Waals surface area contributed by atoms with Gasteiger partial charge < -0.3 is 0 Å². The molecule has 0 atom stereocenters. The number of aromatic nitrogens is 5. The van der Waals surface area contributed by atoms with Crippen LogP contribution in [0.1, 0.15) is 23.1 Å². The summed E-state index contributed by atoms with van der Waals surface area (Å²) in [5, 5.41) is 8.69. The highest BCUT2D eigenvalue weighted by molar-refractivity contribution is 5.93. The van der Waals surface area contributed by atoms with E-state index in [2.05, 4.69) is 20.6 Å². The first-order valence-electron chi connectivity index (χ1n) is 6.54. The standard InChI is InChI=1S/C13H15N7O/c1-3-19-7-9(8(2)17-19)11-4-5-15-12-6-10(13(21)16-14)18-20(11)12/h4-7H,3,14H2,1-2H3,(H,16,21). The normalized spacial score (nSPS) is 11.0. The van der Waals surface area contributed by atoms with Gasteiger partial charge in [0.25, 0.3) is 5.91 Å². The predicted octanol–water partition coefficient (Wildman–Crippen LogP) is 0.525. The molecule has 0 saturated heterocycles. The Hall–Kier alpha value is -2.74. The Labute approximate surface area is 120 Å².